The van der Waals surface area contributed by atoms with Gasteiger partial charge < -0.3 is 14.9 Å². The second-order valence-corrected chi connectivity index (χ2v) is 7.78. The molecule has 2 aromatic rings. The fourth-order valence-corrected chi connectivity index (χ4v) is 4.15. The predicted octanol–water partition coefficient (Wildman–Crippen LogP) is 3.39. The van der Waals surface area contributed by atoms with E-state index in [1.165, 1.54) is 4.90 Å². The van der Waals surface area contributed by atoms with Crippen molar-refractivity contribution in [3.8, 4) is 11.1 Å². The number of hydrogen-bond donors (Lipinski definition) is 1. The number of rotatable bonds is 4. The Morgan fingerprint density at radius 1 is 0.793 bits per heavy atom. The number of hydrogen-bond acceptors (Lipinski definition) is 3. The molecule has 152 valence electrons. The van der Waals surface area contributed by atoms with E-state index in [1.54, 1.807) is 0 Å². The highest BCUT2D eigenvalue weighted by Gasteiger charge is 2.25. The SMILES string of the molecule is O=C(O)N1CCN(Cc2ccc(-c3ccccc3)cc2C(=O)N2CCCC2)CC1. The maximum atomic E-state index is 13.3. The van der Waals surface area contributed by atoms with E-state index in [0.29, 0.717) is 32.7 Å². The highest BCUT2D eigenvalue weighted by atomic mass is 16.4. The lowest BCUT2D eigenvalue weighted by atomic mass is 9.97. The quantitative estimate of drug-likeness (QED) is 0.865. The number of nitrogens with zero attached hydrogens (tertiary/aromatic N) is 3. The molecule has 2 aliphatic heterocycles. The van der Waals surface area contributed by atoms with E-state index >= 15 is 0 Å². The lowest BCUT2D eigenvalue weighted by Crippen LogP contribution is -2.48. The second kappa shape index (κ2) is 8.66. The minimum Gasteiger partial charge on any atom is -0.465 e. The van der Waals surface area contributed by atoms with Crippen molar-refractivity contribution in [1.29, 1.82) is 0 Å². The van der Waals surface area contributed by atoms with Crippen LogP contribution in [0.1, 0.15) is 28.8 Å². The summed E-state index contributed by atoms with van der Waals surface area (Å²) in [4.78, 5) is 30.0. The summed E-state index contributed by atoms with van der Waals surface area (Å²) in [6, 6.07) is 16.3. The topological polar surface area (TPSA) is 64.1 Å². The average Bonchev–Trinajstić information content (AvgIpc) is 3.29. The molecule has 2 saturated heterocycles. The molecule has 2 amide bonds. The molecule has 29 heavy (non-hydrogen) atoms. The lowest BCUT2D eigenvalue weighted by molar-refractivity contribution is 0.0789. The first-order chi connectivity index (χ1) is 14.1. The van der Waals surface area contributed by atoms with Crippen LogP contribution in [0.4, 0.5) is 4.79 Å². The molecule has 0 spiro atoms. The van der Waals surface area contributed by atoms with Crippen LogP contribution >= 0.6 is 0 Å². The van der Waals surface area contributed by atoms with Gasteiger partial charge in [-0.05, 0) is 35.6 Å². The van der Waals surface area contributed by atoms with Crippen LogP contribution in [0, 0.1) is 0 Å². The summed E-state index contributed by atoms with van der Waals surface area (Å²) < 4.78 is 0. The molecule has 6 nitrogen and oxygen atoms in total. The number of amides is 2. The Labute approximate surface area is 171 Å². The lowest BCUT2D eigenvalue weighted by Gasteiger charge is -2.33. The number of carbonyl (C=O) groups is 2. The zero-order chi connectivity index (χ0) is 20.2. The van der Waals surface area contributed by atoms with Gasteiger partial charge in [0.1, 0.15) is 0 Å². The van der Waals surface area contributed by atoms with E-state index in [0.717, 1.165) is 48.2 Å². The van der Waals surface area contributed by atoms with E-state index in [4.69, 9.17) is 5.11 Å². The zero-order valence-electron chi connectivity index (χ0n) is 16.6. The first-order valence-corrected chi connectivity index (χ1v) is 10.3. The van der Waals surface area contributed by atoms with E-state index in [-0.39, 0.29) is 5.91 Å². The van der Waals surface area contributed by atoms with Crippen molar-refractivity contribution in [3.63, 3.8) is 0 Å². The van der Waals surface area contributed by atoms with Gasteiger partial charge in [-0.1, -0.05) is 42.5 Å². The molecule has 6 heteroatoms. The summed E-state index contributed by atoms with van der Waals surface area (Å²) in [7, 11) is 0. The van der Waals surface area contributed by atoms with Crippen LogP contribution in [-0.2, 0) is 6.54 Å². The molecule has 2 fully saturated rings. The third-order valence-electron chi connectivity index (χ3n) is 5.88. The second-order valence-electron chi connectivity index (χ2n) is 7.78. The zero-order valence-corrected chi connectivity index (χ0v) is 16.6. The van der Waals surface area contributed by atoms with Crippen molar-refractivity contribution in [3.05, 3.63) is 59.7 Å². The van der Waals surface area contributed by atoms with Crippen molar-refractivity contribution in [1.82, 2.24) is 14.7 Å². The summed E-state index contributed by atoms with van der Waals surface area (Å²) in [6.45, 7) is 4.70. The van der Waals surface area contributed by atoms with Crippen LogP contribution in [-0.4, -0.2) is 71.1 Å². The number of carboxylic acid groups (broad SMARTS) is 1. The van der Waals surface area contributed by atoms with Gasteiger partial charge in [-0.3, -0.25) is 9.69 Å². The van der Waals surface area contributed by atoms with Gasteiger partial charge in [0.05, 0.1) is 0 Å². The normalized spacial score (nSPS) is 17.5. The molecule has 2 aliphatic rings. The largest absolute Gasteiger partial charge is 0.465 e. The van der Waals surface area contributed by atoms with Gasteiger partial charge in [0.15, 0.2) is 0 Å². The molecule has 1 N–H and O–H groups in total. The number of likely N-dealkylation sites (tertiary alicyclic amines) is 1. The fraction of sp³-hybridized carbons (Fsp3) is 0.391. The van der Waals surface area contributed by atoms with Gasteiger partial charge in [-0.2, -0.15) is 0 Å². The molecule has 0 radical (unpaired) electrons. The van der Waals surface area contributed by atoms with E-state index in [2.05, 4.69) is 29.2 Å². The minimum absolute atomic E-state index is 0.111. The van der Waals surface area contributed by atoms with Crippen molar-refractivity contribution in [2.24, 2.45) is 0 Å². The molecule has 0 bridgehead atoms. The molecule has 4 rings (SSSR count). The van der Waals surface area contributed by atoms with Gasteiger partial charge in [-0.25, -0.2) is 4.79 Å². The Kier molecular flexibility index (Phi) is 5.81. The Morgan fingerprint density at radius 2 is 1.48 bits per heavy atom. The molecule has 2 heterocycles. The number of piperazine rings is 1. The smallest absolute Gasteiger partial charge is 0.407 e. The molecular formula is C23H27N3O3. The Hall–Kier alpha value is -2.86. The van der Waals surface area contributed by atoms with Crippen molar-refractivity contribution in [2.75, 3.05) is 39.3 Å². The highest BCUT2D eigenvalue weighted by molar-refractivity contribution is 5.97. The van der Waals surface area contributed by atoms with Crippen molar-refractivity contribution in [2.45, 2.75) is 19.4 Å². The maximum Gasteiger partial charge on any atom is 0.407 e. The maximum absolute atomic E-state index is 13.3. The molecular weight excluding hydrogens is 366 g/mol. The Balaban J connectivity index is 1.58. The summed E-state index contributed by atoms with van der Waals surface area (Å²) in [5.74, 6) is 0.111. The van der Waals surface area contributed by atoms with Crippen LogP contribution in [0.2, 0.25) is 0 Å². The Morgan fingerprint density at radius 3 is 2.14 bits per heavy atom. The Bertz CT molecular complexity index is 870. The van der Waals surface area contributed by atoms with Gasteiger partial charge in [-0.15, -0.1) is 0 Å². The monoisotopic (exact) mass is 393 g/mol. The van der Waals surface area contributed by atoms with Crippen LogP contribution in [0.15, 0.2) is 48.5 Å². The molecule has 0 saturated carbocycles. The van der Waals surface area contributed by atoms with Crippen LogP contribution < -0.4 is 0 Å². The van der Waals surface area contributed by atoms with Crippen LogP contribution in [0.5, 0.6) is 0 Å². The molecule has 0 atom stereocenters. The van der Waals surface area contributed by atoms with E-state index in [1.807, 2.05) is 29.2 Å². The minimum atomic E-state index is -0.859. The van der Waals surface area contributed by atoms with Crippen molar-refractivity contribution < 1.29 is 14.7 Å². The van der Waals surface area contributed by atoms with Gasteiger partial charge in [0.25, 0.3) is 5.91 Å². The molecule has 0 unspecified atom stereocenters. The summed E-state index contributed by atoms with van der Waals surface area (Å²) in [5, 5.41) is 9.15. The predicted molar refractivity (Wildman–Crippen MR) is 112 cm³/mol. The van der Waals surface area contributed by atoms with E-state index < -0.39 is 6.09 Å². The molecule has 2 aromatic carbocycles. The fourth-order valence-electron chi connectivity index (χ4n) is 4.15. The summed E-state index contributed by atoms with van der Waals surface area (Å²) in [6.07, 6.45) is 1.27. The van der Waals surface area contributed by atoms with Crippen LogP contribution in [0.25, 0.3) is 11.1 Å². The number of carbonyl (C=O) groups excluding carboxylic acids is 1. The first kappa shape index (κ1) is 19.5. The van der Waals surface area contributed by atoms with Crippen molar-refractivity contribution >= 4 is 12.0 Å². The van der Waals surface area contributed by atoms with E-state index in [9.17, 15) is 9.59 Å². The summed E-state index contributed by atoms with van der Waals surface area (Å²) in [5.41, 5.74) is 3.94. The third kappa shape index (κ3) is 4.43. The first-order valence-electron chi connectivity index (χ1n) is 10.3. The molecule has 0 aliphatic carbocycles. The third-order valence-corrected chi connectivity index (χ3v) is 5.88. The standard InChI is InChI=1S/C23H27N3O3/c27-22(25-10-4-5-11-25)21-16-19(18-6-2-1-3-7-18)8-9-20(21)17-24-12-14-26(15-13-24)23(28)29/h1-3,6-9,16H,4-5,10-15,17H2,(H,28,29). The van der Waals surface area contributed by atoms with Gasteiger partial charge in [0, 0.05) is 51.4 Å². The highest BCUT2D eigenvalue weighted by Crippen LogP contribution is 2.26. The van der Waals surface area contributed by atoms with Crippen LogP contribution in [0.3, 0.4) is 0 Å². The number of benzene rings is 2. The summed E-state index contributed by atoms with van der Waals surface area (Å²) >= 11 is 0. The van der Waals surface area contributed by atoms with Gasteiger partial charge in [0.2, 0.25) is 0 Å². The average molecular weight is 393 g/mol. The van der Waals surface area contributed by atoms with Gasteiger partial charge >= 0.3 is 6.09 Å². The molecule has 0 aromatic heterocycles.